The van der Waals surface area contributed by atoms with Gasteiger partial charge in [0.1, 0.15) is 12.3 Å². The summed E-state index contributed by atoms with van der Waals surface area (Å²) < 4.78 is 7.29. The molecule has 0 unspecified atom stereocenters. The number of imidazole rings is 1. The third-order valence-corrected chi connectivity index (χ3v) is 14.0. The summed E-state index contributed by atoms with van der Waals surface area (Å²) in [5, 5.41) is 8.49. The van der Waals surface area contributed by atoms with Crippen LogP contribution < -0.4 is 9.80 Å². The van der Waals surface area contributed by atoms with E-state index in [1.165, 1.54) is 82.6 Å². The Balaban J connectivity index is 1.08. The van der Waals surface area contributed by atoms with Crippen molar-refractivity contribution < 1.29 is 0 Å². The molecular formula is C59H42N6. The molecule has 308 valence electrons. The number of pyridine rings is 1. The van der Waals surface area contributed by atoms with Crippen LogP contribution in [0.2, 0.25) is 0 Å². The summed E-state index contributed by atoms with van der Waals surface area (Å²) in [5.74, 6) is 0. The molecule has 5 heterocycles. The van der Waals surface area contributed by atoms with Crippen molar-refractivity contribution in [2.45, 2.75) is 20.8 Å². The van der Waals surface area contributed by atoms with Crippen LogP contribution in [0.3, 0.4) is 0 Å². The van der Waals surface area contributed by atoms with E-state index < -0.39 is 0 Å². The molecule has 0 radical (unpaired) electrons. The number of fused-ring (bicyclic) bond motifs is 16. The van der Waals surface area contributed by atoms with E-state index in [0.717, 1.165) is 50.2 Å². The second-order valence-electron chi connectivity index (χ2n) is 17.8. The molecule has 0 spiro atoms. The Kier molecular flexibility index (Phi) is 7.42. The van der Waals surface area contributed by atoms with Crippen LogP contribution in [0, 0.1) is 20.8 Å². The maximum atomic E-state index is 5.36. The molecular weight excluding hydrogens is 793 g/mol. The fourth-order valence-corrected chi connectivity index (χ4v) is 11.5. The van der Waals surface area contributed by atoms with E-state index in [4.69, 9.17) is 4.98 Å². The van der Waals surface area contributed by atoms with Crippen molar-refractivity contribution in [1.29, 1.82) is 0 Å². The lowest BCUT2D eigenvalue weighted by molar-refractivity contribution is 0.977. The highest BCUT2D eigenvalue weighted by Gasteiger charge is 2.30. The van der Waals surface area contributed by atoms with Gasteiger partial charge in [0.25, 0.3) is 0 Å². The number of nitrogens with zero attached hydrogens (tertiary/aromatic N) is 6. The number of hydrogen-bond acceptors (Lipinski definition) is 3. The third kappa shape index (κ3) is 5.02. The Bertz CT molecular complexity index is 4130. The lowest BCUT2D eigenvalue weighted by atomic mass is 10.0. The molecule has 1 aliphatic rings. The van der Waals surface area contributed by atoms with E-state index >= 15 is 0 Å². The quantitative estimate of drug-likeness (QED) is 0.166. The minimum absolute atomic E-state index is 0.712. The topological polar surface area (TPSA) is 33.6 Å². The summed E-state index contributed by atoms with van der Waals surface area (Å²) in [6, 6.07) is 69.1. The van der Waals surface area contributed by atoms with Gasteiger partial charge in [-0.3, -0.25) is 4.40 Å². The summed E-state index contributed by atoms with van der Waals surface area (Å²) in [6.07, 6.45) is 0. The molecule has 0 amide bonds. The largest absolute Gasteiger partial charge is 0.321 e. The SMILES string of the molecule is Cc1cc(C)c(N2CN(c3cccc(-n4c5cc6c(cc5c5c7c8ccccc8n(-c8ccccc8)c7ccc54)c4ccccc4n4c5ccccc5nc64)c3)c3ccccc32)c(C)c1. The lowest BCUT2D eigenvalue weighted by Crippen LogP contribution is -2.25. The average molecular weight is 835 g/mol. The smallest absolute Gasteiger partial charge is 0.146 e. The Labute approximate surface area is 375 Å². The van der Waals surface area contributed by atoms with Crippen molar-refractivity contribution in [3.63, 3.8) is 0 Å². The number of aromatic nitrogens is 4. The second kappa shape index (κ2) is 13.3. The molecule has 0 N–H and O–H groups in total. The van der Waals surface area contributed by atoms with Crippen molar-refractivity contribution in [1.82, 2.24) is 18.5 Å². The highest BCUT2D eigenvalue weighted by molar-refractivity contribution is 6.31. The maximum absolute atomic E-state index is 5.36. The summed E-state index contributed by atoms with van der Waals surface area (Å²) >= 11 is 0. The molecule has 0 saturated carbocycles. The Morgan fingerprint density at radius 1 is 0.385 bits per heavy atom. The number of para-hydroxylation sites is 7. The van der Waals surface area contributed by atoms with E-state index in [1.807, 2.05) is 0 Å². The van der Waals surface area contributed by atoms with E-state index in [2.05, 4.69) is 232 Å². The fourth-order valence-electron chi connectivity index (χ4n) is 11.5. The highest BCUT2D eigenvalue weighted by Crippen LogP contribution is 2.48. The van der Waals surface area contributed by atoms with E-state index in [-0.39, 0.29) is 0 Å². The van der Waals surface area contributed by atoms with Crippen LogP contribution in [0.5, 0.6) is 0 Å². The first-order chi connectivity index (χ1) is 32.0. The predicted molar refractivity (Wildman–Crippen MR) is 273 cm³/mol. The molecule has 6 heteroatoms. The van der Waals surface area contributed by atoms with Gasteiger partial charge in [-0.15, -0.1) is 0 Å². The van der Waals surface area contributed by atoms with Crippen molar-refractivity contribution in [2.24, 2.45) is 0 Å². The molecule has 0 fully saturated rings. The number of rotatable bonds is 4. The molecule has 0 aliphatic carbocycles. The predicted octanol–water partition coefficient (Wildman–Crippen LogP) is 15.2. The van der Waals surface area contributed by atoms with Gasteiger partial charge in [0.2, 0.25) is 0 Å². The van der Waals surface area contributed by atoms with E-state index in [0.29, 0.717) is 6.67 Å². The fraction of sp³-hybridized carbons (Fsp3) is 0.0678. The number of aryl methyl sites for hydroxylation is 3. The van der Waals surface area contributed by atoms with Crippen molar-refractivity contribution in [3.8, 4) is 11.4 Å². The van der Waals surface area contributed by atoms with Crippen molar-refractivity contribution in [3.05, 3.63) is 205 Å². The number of benzene rings is 9. The summed E-state index contributed by atoms with van der Waals surface area (Å²) in [5.41, 5.74) is 19.9. The van der Waals surface area contributed by atoms with Gasteiger partial charge >= 0.3 is 0 Å². The maximum Gasteiger partial charge on any atom is 0.146 e. The average Bonchev–Trinajstić information content (AvgIpc) is 4.09. The first kappa shape index (κ1) is 36.2. The van der Waals surface area contributed by atoms with E-state index in [1.54, 1.807) is 0 Å². The summed E-state index contributed by atoms with van der Waals surface area (Å²) in [7, 11) is 0. The van der Waals surface area contributed by atoms with Gasteiger partial charge in [0, 0.05) is 55.1 Å². The van der Waals surface area contributed by atoms with Crippen molar-refractivity contribution in [2.75, 3.05) is 16.5 Å². The van der Waals surface area contributed by atoms with Gasteiger partial charge in [0.15, 0.2) is 0 Å². The molecule has 65 heavy (non-hydrogen) atoms. The number of hydrogen-bond donors (Lipinski definition) is 0. The van der Waals surface area contributed by atoms with Crippen LogP contribution in [0.25, 0.3) is 93.3 Å². The van der Waals surface area contributed by atoms with Gasteiger partial charge < -0.3 is 18.9 Å². The molecule has 0 saturated heterocycles. The minimum Gasteiger partial charge on any atom is -0.321 e. The standard InChI is InChI=1S/C59H42N6/c1-36-30-37(2)58(38(3)31-36)62-35-61(51-26-13-14-27-52(51)62)40-18-15-19-41(32-40)64-54-29-28-53-56(43-21-8-11-24-49(43)63(53)39-16-5-4-6-17-39)57(54)46-33-44-42-20-7-10-23-48(42)65-50-25-12-9-22-47(50)60-59(65)45(44)34-55(46)64/h4-34H,35H2,1-3H3. The second-order valence-corrected chi connectivity index (χ2v) is 17.8. The van der Waals surface area contributed by atoms with Crippen LogP contribution >= 0.6 is 0 Å². The normalized spacial score (nSPS) is 13.0. The minimum atomic E-state index is 0.712. The zero-order chi connectivity index (χ0) is 43.1. The van der Waals surface area contributed by atoms with E-state index in [9.17, 15) is 0 Å². The zero-order valence-corrected chi connectivity index (χ0v) is 36.3. The van der Waals surface area contributed by atoms with Crippen LogP contribution in [-0.4, -0.2) is 25.2 Å². The molecule has 6 nitrogen and oxygen atoms in total. The highest BCUT2D eigenvalue weighted by atomic mass is 15.4. The Morgan fingerprint density at radius 3 is 1.77 bits per heavy atom. The molecule has 0 bridgehead atoms. The zero-order valence-electron chi connectivity index (χ0n) is 36.3. The first-order valence-electron chi connectivity index (χ1n) is 22.5. The summed E-state index contributed by atoms with van der Waals surface area (Å²) in [6.45, 7) is 7.38. The monoisotopic (exact) mass is 834 g/mol. The molecule has 0 atom stereocenters. The molecule has 14 rings (SSSR count). The number of anilines is 4. The van der Waals surface area contributed by atoms with Gasteiger partial charge in [-0.1, -0.05) is 103 Å². The third-order valence-electron chi connectivity index (χ3n) is 14.0. The molecule has 13 aromatic rings. The Hall–Kier alpha value is -8.35. The van der Waals surface area contributed by atoms with Crippen LogP contribution in [-0.2, 0) is 0 Å². The van der Waals surface area contributed by atoms with Crippen LogP contribution in [0.1, 0.15) is 16.7 Å². The molecule has 4 aromatic heterocycles. The van der Waals surface area contributed by atoms with Gasteiger partial charge in [-0.2, -0.15) is 0 Å². The first-order valence-corrected chi connectivity index (χ1v) is 22.5. The van der Waals surface area contributed by atoms with Gasteiger partial charge in [0.05, 0.1) is 50.0 Å². The van der Waals surface area contributed by atoms with Crippen LogP contribution in [0.15, 0.2) is 188 Å². The van der Waals surface area contributed by atoms with Crippen LogP contribution in [0.4, 0.5) is 22.7 Å². The van der Waals surface area contributed by atoms with Gasteiger partial charge in [-0.05, 0) is 128 Å². The van der Waals surface area contributed by atoms with Crippen molar-refractivity contribution >= 4 is 105 Å². The lowest BCUT2D eigenvalue weighted by Gasteiger charge is -2.26. The van der Waals surface area contributed by atoms with Gasteiger partial charge in [-0.25, -0.2) is 4.98 Å². The Morgan fingerprint density at radius 2 is 0.985 bits per heavy atom. The molecule has 9 aromatic carbocycles. The summed E-state index contributed by atoms with van der Waals surface area (Å²) in [4.78, 5) is 10.3. The molecule has 1 aliphatic heterocycles.